The molecule has 18 heavy (non-hydrogen) atoms. The van der Waals surface area contributed by atoms with E-state index in [1.807, 2.05) is 0 Å². The summed E-state index contributed by atoms with van der Waals surface area (Å²) in [5.74, 6) is -1.93. The minimum absolute atomic E-state index is 0.0309. The van der Waals surface area contributed by atoms with Crippen molar-refractivity contribution in [3.05, 3.63) is 35.4 Å². The number of hydrogen-bond donors (Lipinski definition) is 1. The number of rotatable bonds is 4. The molecular weight excluding hydrogens is 283 g/mol. The van der Waals surface area contributed by atoms with E-state index < -0.39 is 21.9 Å². The highest BCUT2D eigenvalue weighted by Gasteiger charge is 2.56. The fourth-order valence-corrected chi connectivity index (χ4v) is 2.21. The number of halogens is 4. The van der Waals surface area contributed by atoms with Gasteiger partial charge in [-0.1, -0.05) is 6.07 Å². The number of amides is 1. The Hall–Kier alpha value is -0.870. The van der Waals surface area contributed by atoms with Gasteiger partial charge in [-0.3, -0.25) is 4.79 Å². The SMILES string of the molecule is O=C(NCCc1c(F)cccc1F)C1CC1(Cl)Cl. The highest BCUT2D eigenvalue weighted by molar-refractivity contribution is 6.52. The van der Waals surface area contributed by atoms with E-state index in [0.29, 0.717) is 6.42 Å². The van der Waals surface area contributed by atoms with E-state index >= 15 is 0 Å². The molecule has 98 valence electrons. The van der Waals surface area contributed by atoms with Crippen LogP contribution in [0, 0.1) is 17.6 Å². The van der Waals surface area contributed by atoms with E-state index in [4.69, 9.17) is 23.2 Å². The summed E-state index contributed by atoms with van der Waals surface area (Å²) in [6.07, 6.45) is 0.505. The Labute approximate surface area is 113 Å². The van der Waals surface area contributed by atoms with Crippen molar-refractivity contribution in [2.45, 2.75) is 17.2 Å². The highest BCUT2D eigenvalue weighted by atomic mass is 35.5. The molecule has 1 aromatic rings. The van der Waals surface area contributed by atoms with Crippen LogP contribution in [0.1, 0.15) is 12.0 Å². The van der Waals surface area contributed by atoms with Crippen LogP contribution in [0.4, 0.5) is 8.78 Å². The van der Waals surface area contributed by atoms with E-state index in [9.17, 15) is 13.6 Å². The zero-order valence-corrected chi connectivity index (χ0v) is 10.9. The second-order valence-corrected chi connectivity index (χ2v) is 5.80. The highest BCUT2D eigenvalue weighted by Crippen LogP contribution is 2.53. The normalized spacial score (nSPS) is 20.6. The molecule has 0 saturated heterocycles. The zero-order valence-electron chi connectivity index (χ0n) is 9.35. The van der Waals surface area contributed by atoms with Crippen LogP contribution in [0.2, 0.25) is 0 Å². The van der Waals surface area contributed by atoms with Crippen LogP contribution in [0.25, 0.3) is 0 Å². The third-order valence-electron chi connectivity index (χ3n) is 2.88. The lowest BCUT2D eigenvalue weighted by Crippen LogP contribution is -2.29. The summed E-state index contributed by atoms with van der Waals surface area (Å²) < 4.78 is 25.6. The standard InChI is InChI=1S/C12H11Cl2F2NO/c13-12(14)6-8(12)11(18)17-5-4-7-9(15)2-1-3-10(7)16/h1-3,8H,4-6H2,(H,17,18). The molecule has 1 aliphatic rings. The average Bonchev–Trinajstić information content (AvgIpc) is 2.92. The summed E-state index contributed by atoms with van der Waals surface area (Å²) in [5, 5.41) is 2.56. The second-order valence-electron chi connectivity index (χ2n) is 4.26. The number of benzene rings is 1. The van der Waals surface area contributed by atoms with Gasteiger partial charge in [-0.05, 0) is 25.0 Å². The number of carbonyl (C=O) groups excluding carboxylic acids is 1. The minimum Gasteiger partial charge on any atom is -0.355 e. The first-order valence-electron chi connectivity index (χ1n) is 5.50. The maximum atomic E-state index is 13.3. The van der Waals surface area contributed by atoms with Crippen molar-refractivity contribution < 1.29 is 13.6 Å². The van der Waals surface area contributed by atoms with E-state index in [1.165, 1.54) is 18.2 Å². The van der Waals surface area contributed by atoms with Gasteiger partial charge in [-0.25, -0.2) is 8.78 Å². The molecule has 0 aromatic heterocycles. The Kier molecular flexibility index (Phi) is 3.78. The molecule has 0 bridgehead atoms. The third-order valence-corrected chi connectivity index (χ3v) is 3.71. The lowest BCUT2D eigenvalue weighted by molar-refractivity contribution is -0.122. The molecule has 1 unspecified atom stereocenters. The molecule has 1 saturated carbocycles. The first-order chi connectivity index (χ1) is 8.42. The van der Waals surface area contributed by atoms with Crippen molar-refractivity contribution in [1.82, 2.24) is 5.32 Å². The Morgan fingerprint density at radius 2 is 1.94 bits per heavy atom. The van der Waals surface area contributed by atoms with Crippen LogP contribution in [0.15, 0.2) is 18.2 Å². The summed E-state index contributed by atoms with van der Waals surface area (Å²) in [5.41, 5.74) is -0.0309. The zero-order chi connectivity index (χ0) is 13.3. The molecule has 6 heteroatoms. The summed E-state index contributed by atoms with van der Waals surface area (Å²) in [4.78, 5) is 11.5. The van der Waals surface area contributed by atoms with E-state index in [1.54, 1.807) is 0 Å². The van der Waals surface area contributed by atoms with Gasteiger partial charge < -0.3 is 5.32 Å². The van der Waals surface area contributed by atoms with Gasteiger partial charge in [0.15, 0.2) is 0 Å². The van der Waals surface area contributed by atoms with Gasteiger partial charge >= 0.3 is 0 Å². The van der Waals surface area contributed by atoms with Gasteiger partial charge in [0.05, 0.1) is 5.92 Å². The van der Waals surface area contributed by atoms with Crippen LogP contribution in [0.3, 0.4) is 0 Å². The molecule has 1 amide bonds. The third kappa shape index (κ3) is 2.93. The van der Waals surface area contributed by atoms with Gasteiger partial charge in [-0.2, -0.15) is 0 Å². The maximum Gasteiger partial charge on any atom is 0.226 e. The monoisotopic (exact) mass is 293 g/mol. The van der Waals surface area contributed by atoms with Crippen molar-refractivity contribution in [3.8, 4) is 0 Å². The molecule has 0 radical (unpaired) electrons. The Bertz CT molecular complexity index is 459. The number of nitrogens with one attached hydrogen (secondary N) is 1. The summed E-state index contributed by atoms with van der Waals surface area (Å²) in [7, 11) is 0. The largest absolute Gasteiger partial charge is 0.355 e. The molecular formula is C12H11Cl2F2NO. The smallest absolute Gasteiger partial charge is 0.226 e. The predicted octanol–water partition coefficient (Wildman–Crippen LogP) is 2.82. The fourth-order valence-electron chi connectivity index (χ4n) is 1.70. The molecule has 1 aliphatic carbocycles. The topological polar surface area (TPSA) is 29.1 Å². The summed E-state index contributed by atoms with van der Waals surface area (Å²) in [6, 6.07) is 3.67. The van der Waals surface area contributed by atoms with Crippen molar-refractivity contribution >= 4 is 29.1 Å². The average molecular weight is 294 g/mol. The predicted molar refractivity (Wildman–Crippen MR) is 65.6 cm³/mol. The van der Waals surface area contributed by atoms with Crippen LogP contribution >= 0.6 is 23.2 Å². The van der Waals surface area contributed by atoms with Crippen molar-refractivity contribution in [2.24, 2.45) is 5.92 Å². The van der Waals surface area contributed by atoms with Crippen molar-refractivity contribution in [3.63, 3.8) is 0 Å². The molecule has 1 aromatic carbocycles. The Balaban J connectivity index is 1.84. The lowest BCUT2D eigenvalue weighted by atomic mass is 10.1. The molecule has 2 rings (SSSR count). The van der Waals surface area contributed by atoms with E-state index in [0.717, 1.165) is 0 Å². The summed E-state index contributed by atoms with van der Waals surface area (Å²) >= 11 is 11.5. The van der Waals surface area contributed by atoms with Crippen molar-refractivity contribution in [1.29, 1.82) is 0 Å². The van der Waals surface area contributed by atoms with Crippen LogP contribution in [0.5, 0.6) is 0 Å². The van der Waals surface area contributed by atoms with Gasteiger partial charge in [0.25, 0.3) is 0 Å². The molecule has 1 atom stereocenters. The first kappa shape index (κ1) is 13.6. The lowest BCUT2D eigenvalue weighted by Gasteiger charge is -2.07. The number of hydrogen-bond acceptors (Lipinski definition) is 1. The van der Waals surface area contributed by atoms with Gasteiger partial charge in [-0.15, -0.1) is 23.2 Å². The van der Waals surface area contributed by atoms with Crippen LogP contribution in [-0.4, -0.2) is 16.8 Å². The van der Waals surface area contributed by atoms with Crippen molar-refractivity contribution in [2.75, 3.05) is 6.54 Å². The Morgan fingerprint density at radius 1 is 1.39 bits per heavy atom. The number of alkyl halides is 2. The minimum atomic E-state index is -0.979. The first-order valence-corrected chi connectivity index (χ1v) is 6.26. The fraction of sp³-hybridized carbons (Fsp3) is 0.417. The van der Waals surface area contributed by atoms with Gasteiger partial charge in [0, 0.05) is 12.1 Å². The van der Waals surface area contributed by atoms with Gasteiger partial charge in [0.2, 0.25) is 5.91 Å². The maximum absolute atomic E-state index is 13.3. The Morgan fingerprint density at radius 3 is 2.44 bits per heavy atom. The van der Waals surface area contributed by atoms with Gasteiger partial charge in [0.1, 0.15) is 16.0 Å². The van der Waals surface area contributed by atoms with Crippen LogP contribution in [-0.2, 0) is 11.2 Å². The number of carbonyl (C=O) groups is 1. The van der Waals surface area contributed by atoms with E-state index in [2.05, 4.69) is 5.32 Å². The molecule has 2 nitrogen and oxygen atoms in total. The quantitative estimate of drug-likeness (QED) is 0.850. The second kappa shape index (κ2) is 5.02. The molecule has 1 N–H and O–H groups in total. The van der Waals surface area contributed by atoms with E-state index in [-0.39, 0.29) is 24.4 Å². The summed E-state index contributed by atoms with van der Waals surface area (Å²) in [6.45, 7) is 0.150. The molecule has 0 heterocycles. The molecule has 0 spiro atoms. The van der Waals surface area contributed by atoms with Crippen LogP contribution < -0.4 is 5.32 Å². The molecule has 0 aliphatic heterocycles. The molecule has 1 fully saturated rings.